The Hall–Kier alpha value is -1.32. The molecule has 0 aliphatic rings. The van der Waals surface area contributed by atoms with Crippen molar-refractivity contribution in [3.63, 3.8) is 0 Å². The number of nitrogens with zero attached hydrogens (tertiary/aromatic N) is 1. The molecule has 0 aromatic heterocycles. The first-order valence-corrected chi connectivity index (χ1v) is 4.22. The summed E-state index contributed by atoms with van der Waals surface area (Å²) in [6.07, 6.45) is 0. The van der Waals surface area contributed by atoms with Crippen LogP contribution in [0.5, 0.6) is 0 Å². The molecule has 0 saturated carbocycles. The molecule has 1 aromatic carbocycles. The summed E-state index contributed by atoms with van der Waals surface area (Å²) in [4.78, 5) is 23.9. The van der Waals surface area contributed by atoms with Crippen molar-refractivity contribution in [2.45, 2.75) is 19.9 Å². The standard InChI is InChI=1S/C9H14N2O2/c1-5(2)10-6-7(11(3)4)9(13)8(6)12/h5,10H,1-4H3. The van der Waals surface area contributed by atoms with E-state index in [2.05, 4.69) is 5.32 Å². The van der Waals surface area contributed by atoms with Gasteiger partial charge in [-0.05, 0) is 13.8 Å². The molecule has 0 radical (unpaired) electrons. The Morgan fingerprint density at radius 2 is 1.69 bits per heavy atom. The van der Waals surface area contributed by atoms with Gasteiger partial charge in [0, 0.05) is 20.1 Å². The van der Waals surface area contributed by atoms with Gasteiger partial charge in [0.05, 0.1) is 0 Å². The topological polar surface area (TPSA) is 49.4 Å². The molecule has 1 rings (SSSR count). The van der Waals surface area contributed by atoms with Crippen LogP contribution in [-0.2, 0) is 0 Å². The smallest absolute Gasteiger partial charge is 0.253 e. The van der Waals surface area contributed by atoms with Crippen LogP contribution in [0.25, 0.3) is 0 Å². The fraction of sp³-hybridized carbons (Fsp3) is 0.556. The number of rotatable bonds is 3. The summed E-state index contributed by atoms with van der Waals surface area (Å²) in [6.45, 7) is 3.85. The zero-order valence-electron chi connectivity index (χ0n) is 8.34. The highest BCUT2D eigenvalue weighted by Gasteiger charge is 2.22. The fourth-order valence-corrected chi connectivity index (χ4v) is 1.23. The maximum Gasteiger partial charge on any atom is 0.253 e. The first-order valence-electron chi connectivity index (χ1n) is 4.22. The number of hydrogen-bond donors (Lipinski definition) is 1. The van der Waals surface area contributed by atoms with E-state index in [1.54, 1.807) is 19.0 Å². The Kier molecular flexibility index (Phi) is 2.40. The fourth-order valence-electron chi connectivity index (χ4n) is 1.23. The van der Waals surface area contributed by atoms with Crippen molar-refractivity contribution in [1.82, 2.24) is 0 Å². The van der Waals surface area contributed by atoms with Crippen LogP contribution in [-0.4, -0.2) is 20.1 Å². The highest BCUT2D eigenvalue weighted by atomic mass is 16.2. The molecule has 0 fully saturated rings. The maximum atomic E-state index is 11.1. The van der Waals surface area contributed by atoms with Gasteiger partial charge < -0.3 is 10.2 Å². The predicted molar refractivity (Wildman–Crippen MR) is 54.4 cm³/mol. The average molecular weight is 182 g/mol. The van der Waals surface area contributed by atoms with Crippen LogP contribution in [0.3, 0.4) is 0 Å². The van der Waals surface area contributed by atoms with Gasteiger partial charge in [0.2, 0.25) is 0 Å². The van der Waals surface area contributed by atoms with Crippen LogP contribution in [0, 0.1) is 0 Å². The Morgan fingerprint density at radius 3 is 2.08 bits per heavy atom. The molecule has 1 aromatic rings. The lowest BCUT2D eigenvalue weighted by atomic mass is 10.1. The molecule has 4 heteroatoms. The highest BCUT2D eigenvalue weighted by Crippen LogP contribution is 2.17. The van der Waals surface area contributed by atoms with Crippen molar-refractivity contribution < 1.29 is 0 Å². The summed E-state index contributed by atoms with van der Waals surface area (Å²) in [5.74, 6) is 0. The van der Waals surface area contributed by atoms with Crippen LogP contribution >= 0.6 is 0 Å². The first kappa shape index (κ1) is 9.77. The van der Waals surface area contributed by atoms with E-state index in [0.29, 0.717) is 11.4 Å². The van der Waals surface area contributed by atoms with E-state index in [1.165, 1.54) is 0 Å². The van der Waals surface area contributed by atoms with Gasteiger partial charge in [-0.2, -0.15) is 0 Å². The molecule has 13 heavy (non-hydrogen) atoms. The van der Waals surface area contributed by atoms with Gasteiger partial charge in [-0.3, -0.25) is 9.59 Å². The molecule has 72 valence electrons. The van der Waals surface area contributed by atoms with E-state index in [1.807, 2.05) is 13.8 Å². The van der Waals surface area contributed by atoms with Gasteiger partial charge in [-0.15, -0.1) is 0 Å². The number of nitrogens with one attached hydrogen (secondary N) is 1. The Bertz CT molecular complexity index is 373. The lowest BCUT2D eigenvalue weighted by molar-refractivity contribution is 0.890. The maximum absolute atomic E-state index is 11.1. The predicted octanol–water partition coefficient (Wildman–Crippen LogP) is 0.169. The van der Waals surface area contributed by atoms with E-state index in [0.717, 1.165) is 0 Å². The SMILES string of the molecule is CC(C)Nc1c(N(C)C)c(=O)c1=O. The van der Waals surface area contributed by atoms with Crippen molar-refractivity contribution >= 4 is 11.4 Å². The van der Waals surface area contributed by atoms with E-state index < -0.39 is 10.9 Å². The number of hydrogen-bond acceptors (Lipinski definition) is 4. The lowest BCUT2D eigenvalue weighted by Crippen LogP contribution is -2.41. The molecule has 0 aliphatic heterocycles. The van der Waals surface area contributed by atoms with Gasteiger partial charge in [-0.25, -0.2) is 0 Å². The summed E-state index contributed by atoms with van der Waals surface area (Å²) >= 11 is 0. The third-order valence-electron chi connectivity index (χ3n) is 1.77. The van der Waals surface area contributed by atoms with Crippen LogP contribution in [0.4, 0.5) is 11.4 Å². The van der Waals surface area contributed by atoms with Crippen molar-refractivity contribution in [3.05, 3.63) is 20.4 Å². The minimum atomic E-state index is -0.405. The minimum Gasteiger partial charge on any atom is -0.378 e. The molecule has 0 saturated heterocycles. The zero-order valence-corrected chi connectivity index (χ0v) is 8.34. The van der Waals surface area contributed by atoms with Crippen LogP contribution in [0.15, 0.2) is 9.59 Å². The minimum absolute atomic E-state index is 0.169. The Labute approximate surface area is 76.9 Å². The summed E-state index contributed by atoms with van der Waals surface area (Å²) in [6, 6.07) is 0.169. The summed E-state index contributed by atoms with van der Waals surface area (Å²) in [7, 11) is 3.50. The van der Waals surface area contributed by atoms with Crippen molar-refractivity contribution in [2.24, 2.45) is 0 Å². The van der Waals surface area contributed by atoms with Gasteiger partial charge >= 0.3 is 0 Å². The molecule has 0 heterocycles. The number of anilines is 2. The molecular weight excluding hydrogens is 168 g/mol. The molecule has 1 N–H and O–H groups in total. The molecular formula is C9H14N2O2. The third kappa shape index (κ3) is 1.56. The van der Waals surface area contributed by atoms with Crippen molar-refractivity contribution in [3.8, 4) is 0 Å². The molecule has 4 nitrogen and oxygen atoms in total. The molecule has 0 amide bonds. The second-order valence-corrected chi connectivity index (χ2v) is 3.58. The molecule has 0 aliphatic carbocycles. The summed E-state index contributed by atoms with van der Waals surface area (Å²) < 4.78 is 0. The Balaban J connectivity index is 3.02. The van der Waals surface area contributed by atoms with E-state index >= 15 is 0 Å². The second-order valence-electron chi connectivity index (χ2n) is 3.58. The van der Waals surface area contributed by atoms with E-state index in [-0.39, 0.29) is 6.04 Å². The summed E-state index contributed by atoms with van der Waals surface area (Å²) in [5.41, 5.74) is 0.134. The highest BCUT2D eigenvalue weighted by molar-refractivity contribution is 5.74. The first-order chi connectivity index (χ1) is 5.95. The van der Waals surface area contributed by atoms with Crippen molar-refractivity contribution in [1.29, 1.82) is 0 Å². The average Bonchev–Trinajstić information content (AvgIpc) is 2.01. The molecule has 0 unspecified atom stereocenters. The van der Waals surface area contributed by atoms with Crippen LogP contribution in [0.2, 0.25) is 0 Å². The largest absolute Gasteiger partial charge is 0.378 e. The summed E-state index contributed by atoms with van der Waals surface area (Å²) in [5, 5.41) is 2.96. The molecule has 0 bridgehead atoms. The van der Waals surface area contributed by atoms with Gasteiger partial charge in [-0.1, -0.05) is 0 Å². The lowest BCUT2D eigenvalue weighted by Gasteiger charge is -2.20. The normalized spacial score (nSPS) is 10.8. The monoisotopic (exact) mass is 182 g/mol. The van der Waals surface area contributed by atoms with Crippen molar-refractivity contribution in [2.75, 3.05) is 24.3 Å². The van der Waals surface area contributed by atoms with Gasteiger partial charge in [0.1, 0.15) is 11.4 Å². The molecule has 0 spiro atoms. The second kappa shape index (κ2) is 3.20. The van der Waals surface area contributed by atoms with E-state index in [9.17, 15) is 9.59 Å². The van der Waals surface area contributed by atoms with E-state index in [4.69, 9.17) is 0 Å². The Morgan fingerprint density at radius 1 is 1.15 bits per heavy atom. The third-order valence-corrected chi connectivity index (χ3v) is 1.77. The quantitative estimate of drug-likeness (QED) is 0.677. The van der Waals surface area contributed by atoms with Crippen LogP contribution in [0.1, 0.15) is 13.8 Å². The van der Waals surface area contributed by atoms with Gasteiger partial charge in [0.15, 0.2) is 0 Å². The molecule has 0 atom stereocenters. The van der Waals surface area contributed by atoms with Gasteiger partial charge in [0.25, 0.3) is 10.9 Å². The van der Waals surface area contributed by atoms with Crippen LogP contribution < -0.4 is 21.1 Å². The zero-order chi connectivity index (χ0) is 10.2.